The minimum Gasteiger partial charge on any atom is -0.481 e. The lowest BCUT2D eigenvalue weighted by molar-refractivity contribution is -0.137. The molecule has 0 bridgehead atoms. The van der Waals surface area contributed by atoms with Crippen LogP contribution >= 0.6 is 0 Å². The molecule has 0 spiro atoms. The number of carbonyl (C=O) groups is 2. The normalized spacial score (nSPS) is 10.6. The number of aliphatic hydroxyl groups is 1. The van der Waals surface area contributed by atoms with Gasteiger partial charge in [-0.1, -0.05) is 6.42 Å². The van der Waals surface area contributed by atoms with Gasteiger partial charge in [0.25, 0.3) is 5.91 Å². The predicted octanol–water partition coefficient (Wildman–Crippen LogP) is -0.263. The van der Waals surface area contributed by atoms with Gasteiger partial charge >= 0.3 is 5.97 Å². The highest BCUT2D eigenvalue weighted by atomic mass is 16.4. The van der Waals surface area contributed by atoms with Gasteiger partial charge in [0, 0.05) is 25.7 Å². The van der Waals surface area contributed by atoms with Gasteiger partial charge in [0.1, 0.15) is 11.6 Å². The number of unbranched alkanes of at least 4 members (excludes halogenated alkanes) is 2. The SMILES string of the molecule is N#C/C(=C/NCCO)C(=O)NCCCCCC(=O)O. The standard InChI is InChI=1S/C12H19N3O4/c13-8-10(9-14-6-7-16)12(19)15-5-3-1-2-4-11(17)18/h9,14,16H,1-7H2,(H,15,19)(H,17,18)/b10-9-. The number of amides is 1. The summed E-state index contributed by atoms with van der Waals surface area (Å²) in [5.41, 5.74) is -0.0565. The third-order valence-corrected chi connectivity index (χ3v) is 2.22. The van der Waals surface area contributed by atoms with Crippen LogP contribution < -0.4 is 10.6 Å². The Hall–Kier alpha value is -2.07. The van der Waals surface area contributed by atoms with E-state index >= 15 is 0 Å². The number of carbonyl (C=O) groups excluding carboxylic acids is 1. The second-order valence-corrected chi connectivity index (χ2v) is 3.81. The lowest BCUT2D eigenvalue weighted by Gasteiger charge is -2.04. The molecule has 0 fully saturated rings. The van der Waals surface area contributed by atoms with Crippen molar-refractivity contribution in [2.24, 2.45) is 0 Å². The second-order valence-electron chi connectivity index (χ2n) is 3.81. The minimum absolute atomic E-state index is 0.0565. The van der Waals surface area contributed by atoms with Crippen molar-refractivity contribution in [3.8, 4) is 6.07 Å². The van der Waals surface area contributed by atoms with Crippen molar-refractivity contribution in [3.05, 3.63) is 11.8 Å². The van der Waals surface area contributed by atoms with Crippen molar-refractivity contribution in [2.45, 2.75) is 25.7 Å². The number of aliphatic carboxylic acids is 1. The summed E-state index contributed by atoms with van der Waals surface area (Å²) in [6.07, 6.45) is 3.34. The zero-order chi connectivity index (χ0) is 14.5. The summed E-state index contributed by atoms with van der Waals surface area (Å²) in [4.78, 5) is 21.8. The third kappa shape index (κ3) is 9.62. The van der Waals surface area contributed by atoms with Gasteiger partial charge in [0.15, 0.2) is 0 Å². The van der Waals surface area contributed by atoms with E-state index in [4.69, 9.17) is 15.5 Å². The molecule has 19 heavy (non-hydrogen) atoms. The van der Waals surface area contributed by atoms with Crippen LogP contribution in [0.4, 0.5) is 0 Å². The molecule has 0 radical (unpaired) electrons. The number of carboxylic acid groups (broad SMARTS) is 1. The Morgan fingerprint density at radius 1 is 1.21 bits per heavy atom. The maximum Gasteiger partial charge on any atom is 0.303 e. The van der Waals surface area contributed by atoms with E-state index < -0.39 is 11.9 Å². The van der Waals surface area contributed by atoms with Gasteiger partial charge in [-0.15, -0.1) is 0 Å². The summed E-state index contributed by atoms with van der Waals surface area (Å²) < 4.78 is 0. The molecule has 0 saturated carbocycles. The molecule has 0 aromatic rings. The van der Waals surface area contributed by atoms with Gasteiger partial charge in [-0.25, -0.2) is 0 Å². The number of nitrogens with one attached hydrogen (secondary N) is 2. The molecule has 0 unspecified atom stereocenters. The molecule has 7 nitrogen and oxygen atoms in total. The van der Waals surface area contributed by atoms with Crippen molar-refractivity contribution in [1.29, 1.82) is 5.26 Å². The highest BCUT2D eigenvalue weighted by molar-refractivity contribution is 5.97. The zero-order valence-corrected chi connectivity index (χ0v) is 10.7. The first-order valence-corrected chi connectivity index (χ1v) is 6.06. The van der Waals surface area contributed by atoms with E-state index in [1.54, 1.807) is 6.07 Å². The van der Waals surface area contributed by atoms with E-state index in [0.717, 1.165) is 0 Å². The fraction of sp³-hybridized carbons (Fsp3) is 0.583. The Morgan fingerprint density at radius 2 is 1.95 bits per heavy atom. The van der Waals surface area contributed by atoms with Gasteiger partial charge in [-0.2, -0.15) is 5.26 Å². The molecule has 1 amide bonds. The molecule has 0 aliphatic heterocycles. The van der Waals surface area contributed by atoms with Crippen LogP contribution in [0.15, 0.2) is 11.8 Å². The van der Waals surface area contributed by atoms with E-state index in [9.17, 15) is 9.59 Å². The van der Waals surface area contributed by atoms with Crippen LogP contribution in [0.25, 0.3) is 0 Å². The van der Waals surface area contributed by atoms with Gasteiger partial charge in [-0.05, 0) is 12.8 Å². The Kier molecular flexibility index (Phi) is 9.84. The Balaban J connectivity index is 3.80. The van der Waals surface area contributed by atoms with Crippen LogP contribution in [-0.4, -0.2) is 41.8 Å². The average molecular weight is 269 g/mol. The molecule has 0 saturated heterocycles. The van der Waals surface area contributed by atoms with E-state index in [2.05, 4.69) is 10.6 Å². The highest BCUT2D eigenvalue weighted by Gasteiger charge is 2.07. The summed E-state index contributed by atoms with van der Waals surface area (Å²) in [5.74, 6) is -1.31. The first kappa shape index (κ1) is 16.9. The lowest BCUT2D eigenvalue weighted by Crippen LogP contribution is -2.27. The van der Waals surface area contributed by atoms with Crippen LogP contribution in [0.3, 0.4) is 0 Å². The maximum absolute atomic E-state index is 11.5. The van der Waals surface area contributed by atoms with E-state index in [0.29, 0.717) is 25.8 Å². The predicted molar refractivity (Wildman–Crippen MR) is 67.9 cm³/mol. The molecule has 106 valence electrons. The molecule has 7 heteroatoms. The lowest BCUT2D eigenvalue weighted by atomic mass is 10.2. The average Bonchev–Trinajstić information content (AvgIpc) is 2.38. The number of carboxylic acids is 1. The molecular formula is C12H19N3O4. The molecule has 0 heterocycles. The summed E-state index contributed by atoms with van der Waals surface area (Å²) in [5, 5.41) is 30.9. The van der Waals surface area contributed by atoms with Crippen molar-refractivity contribution in [1.82, 2.24) is 10.6 Å². The Morgan fingerprint density at radius 3 is 2.53 bits per heavy atom. The highest BCUT2D eigenvalue weighted by Crippen LogP contribution is 1.99. The van der Waals surface area contributed by atoms with Gasteiger partial charge in [-0.3, -0.25) is 9.59 Å². The maximum atomic E-state index is 11.5. The topological polar surface area (TPSA) is 122 Å². The molecule has 0 rings (SSSR count). The summed E-state index contributed by atoms with van der Waals surface area (Å²) in [6.45, 7) is 0.589. The van der Waals surface area contributed by atoms with Crippen molar-refractivity contribution >= 4 is 11.9 Å². The fourth-order valence-electron chi connectivity index (χ4n) is 1.26. The van der Waals surface area contributed by atoms with E-state index in [1.165, 1.54) is 6.20 Å². The van der Waals surface area contributed by atoms with Crippen molar-refractivity contribution < 1.29 is 19.8 Å². The van der Waals surface area contributed by atoms with Gasteiger partial charge in [0.2, 0.25) is 0 Å². The van der Waals surface area contributed by atoms with Gasteiger partial charge in [0.05, 0.1) is 6.61 Å². The molecule has 0 aromatic heterocycles. The number of nitrogens with zero attached hydrogens (tertiary/aromatic N) is 1. The molecule has 0 aliphatic rings. The summed E-state index contributed by atoms with van der Waals surface area (Å²) in [7, 11) is 0. The zero-order valence-electron chi connectivity index (χ0n) is 10.7. The quantitative estimate of drug-likeness (QED) is 0.246. The Labute approximate surface area is 111 Å². The third-order valence-electron chi connectivity index (χ3n) is 2.22. The molecule has 0 atom stereocenters. The molecule has 4 N–H and O–H groups in total. The van der Waals surface area contributed by atoms with Crippen molar-refractivity contribution in [3.63, 3.8) is 0 Å². The molecule has 0 aliphatic carbocycles. The summed E-state index contributed by atoms with van der Waals surface area (Å²) in [6, 6.07) is 1.75. The van der Waals surface area contributed by atoms with Crippen LogP contribution in [0.2, 0.25) is 0 Å². The Bertz CT molecular complexity index is 360. The molecule has 0 aromatic carbocycles. The van der Waals surface area contributed by atoms with Crippen LogP contribution in [0.5, 0.6) is 0 Å². The van der Waals surface area contributed by atoms with E-state index in [1.807, 2.05) is 0 Å². The van der Waals surface area contributed by atoms with Gasteiger partial charge < -0.3 is 20.8 Å². The minimum atomic E-state index is -0.825. The van der Waals surface area contributed by atoms with Crippen LogP contribution in [0, 0.1) is 11.3 Å². The molecular weight excluding hydrogens is 250 g/mol. The van der Waals surface area contributed by atoms with Crippen LogP contribution in [0.1, 0.15) is 25.7 Å². The number of hydrogen-bond donors (Lipinski definition) is 4. The smallest absolute Gasteiger partial charge is 0.303 e. The number of hydrogen-bond acceptors (Lipinski definition) is 5. The second kappa shape index (κ2) is 11.0. The van der Waals surface area contributed by atoms with Crippen LogP contribution in [-0.2, 0) is 9.59 Å². The number of aliphatic hydroxyl groups excluding tert-OH is 1. The first-order valence-electron chi connectivity index (χ1n) is 6.06. The number of nitriles is 1. The summed E-state index contributed by atoms with van der Waals surface area (Å²) >= 11 is 0. The fourth-order valence-corrected chi connectivity index (χ4v) is 1.26. The first-order chi connectivity index (χ1) is 9.11. The number of rotatable bonds is 10. The van der Waals surface area contributed by atoms with E-state index in [-0.39, 0.29) is 25.1 Å². The monoisotopic (exact) mass is 269 g/mol. The largest absolute Gasteiger partial charge is 0.481 e. The van der Waals surface area contributed by atoms with Crippen molar-refractivity contribution in [2.75, 3.05) is 19.7 Å².